The summed E-state index contributed by atoms with van der Waals surface area (Å²) in [6.45, 7) is 6.34. The minimum atomic E-state index is -3.30. The number of sulfone groups is 1. The predicted octanol–water partition coefficient (Wildman–Crippen LogP) is 1.71. The average Bonchev–Trinajstić information content (AvgIpc) is 3.07. The van der Waals surface area contributed by atoms with Gasteiger partial charge in [0.05, 0.1) is 22.9 Å². The van der Waals surface area contributed by atoms with Crippen molar-refractivity contribution < 1.29 is 18.0 Å². The normalized spacial score (nSPS) is 14.7. The SMILES string of the molecule is Cc1ccccc1-n1nc2c(c1NC(=O)C(=O)NCCC(C)C)CS(=O)(=O)C2. The highest BCUT2D eigenvalue weighted by atomic mass is 32.2. The van der Waals surface area contributed by atoms with E-state index in [1.807, 2.05) is 45.0 Å². The maximum absolute atomic E-state index is 12.4. The molecule has 0 aliphatic carbocycles. The lowest BCUT2D eigenvalue weighted by molar-refractivity contribution is -0.136. The molecule has 2 amide bonds. The molecule has 2 aromatic rings. The summed E-state index contributed by atoms with van der Waals surface area (Å²) in [5.41, 5.74) is 2.46. The highest BCUT2D eigenvalue weighted by molar-refractivity contribution is 7.90. The average molecular weight is 404 g/mol. The Morgan fingerprint density at radius 3 is 2.57 bits per heavy atom. The minimum Gasteiger partial charge on any atom is -0.348 e. The van der Waals surface area contributed by atoms with Crippen LogP contribution < -0.4 is 10.6 Å². The second-order valence-electron chi connectivity index (χ2n) is 7.40. The van der Waals surface area contributed by atoms with Crippen LogP contribution in [0.25, 0.3) is 5.69 Å². The van der Waals surface area contributed by atoms with Gasteiger partial charge in [0.2, 0.25) is 0 Å². The number of carbonyl (C=O) groups excluding carboxylic acids is 2. The van der Waals surface area contributed by atoms with Gasteiger partial charge in [0, 0.05) is 12.1 Å². The molecule has 2 heterocycles. The van der Waals surface area contributed by atoms with Crippen LogP contribution in [0.2, 0.25) is 0 Å². The summed E-state index contributed by atoms with van der Waals surface area (Å²) in [6.07, 6.45) is 0.758. The highest BCUT2D eigenvalue weighted by Crippen LogP contribution is 2.33. The van der Waals surface area contributed by atoms with E-state index < -0.39 is 21.7 Å². The number of aryl methyl sites for hydroxylation is 1. The molecule has 28 heavy (non-hydrogen) atoms. The van der Waals surface area contributed by atoms with Gasteiger partial charge in [0.15, 0.2) is 9.84 Å². The van der Waals surface area contributed by atoms with Crippen LogP contribution in [-0.4, -0.2) is 36.6 Å². The Kier molecular flexibility index (Phi) is 5.55. The fourth-order valence-electron chi connectivity index (χ4n) is 3.07. The Hall–Kier alpha value is -2.68. The van der Waals surface area contributed by atoms with Crippen molar-refractivity contribution in [3.05, 3.63) is 41.1 Å². The van der Waals surface area contributed by atoms with Gasteiger partial charge in [-0.25, -0.2) is 13.1 Å². The Bertz CT molecular complexity index is 1020. The lowest BCUT2D eigenvalue weighted by Gasteiger charge is -2.13. The third kappa shape index (κ3) is 4.24. The number of hydrogen-bond acceptors (Lipinski definition) is 5. The molecule has 1 aromatic carbocycles. The molecule has 0 fully saturated rings. The molecule has 9 heteroatoms. The number of benzene rings is 1. The lowest BCUT2D eigenvalue weighted by atomic mass is 10.1. The number of hydrogen-bond donors (Lipinski definition) is 2. The molecular weight excluding hydrogens is 380 g/mol. The molecule has 0 saturated heterocycles. The van der Waals surface area contributed by atoms with E-state index in [2.05, 4.69) is 15.7 Å². The van der Waals surface area contributed by atoms with Gasteiger partial charge in [-0.1, -0.05) is 32.0 Å². The van der Waals surface area contributed by atoms with Crippen LogP contribution in [-0.2, 0) is 30.9 Å². The lowest BCUT2D eigenvalue weighted by Crippen LogP contribution is -2.36. The number of nitrogens with zero attached hydrogens (tertiary/aromatic N) is 2. The fraction of sp³-hybridized carbons (Fsp3) is 0.421. The summed E-state index contributed by atoms with van der Waals surface area (Å²) in [7, 11) is -3.30. The van der Waals surface area contributed by atoms with Crippen molar-refractivity contribution in [3.8, 4) is 5.69 Å². The first-order valence-corrected chi connectivity index (χ1v) is 11.0. The molecule has 3 rings (SSSR count). The molecule has 8 nitrogen and oxygen atoms in total. The number of carbonyl (C=O) groups is 2. The van der Waals surface area contributed by atoms with E-state index in [9.17, 15) is 18.0 Å². The van der Waals surface area contributed by atoms with Crippen LogP contribution in [0.4, 0.5) is 5.82 Å². The zero-order valence-corrected chi connectivity index (χ0v) is 17.0. The molecule has 0 unspecified atom stereocenters. The predicted molar refractivity (Wildman–Crippen MR) is 106 cm³/mol. The zero-order chi connectivity index (χ0) is 20.5. The van der Waals surface area contributed by atoms with Crippen LogP contribution in [0.1, 0.15) is 37.1 Å². The van der Waals surface area contributed by atoms with Crippen molar-refractivity contribution in [3.63, 3.8) is 0 Å². The molecule has 1 aliphatic rings. The van der Waals surface area contributed by atoms with E-state index in [1.54, 1.807) is 0 Å². The molecule has 150 valence electrons. The maximum Gasteiger partial charge on any atom is 0.314 e. The van der Waals surface area contributed by atoms with Crippen molar-refractivity contribution in [2.24, 2.45) is 5.92 Å². The van der Waals surface area contributed by atoms with Crippen molar-refractivity contribution >= 4 is 27.5 Å². The summed E-state index contributed by atoms with van der Waals surface area (Å²) in [5, 5.41) is 9.57. The van der Waals surface area contributed by atoms with Crippen molar-refractivity contribution in [2.45, 2.75) is 38.7 Å². The number of anilines is 1. The molecule has 0 bridgehead atoms. The third-order valence-electron chi connectivity index (χ3n) is 4.58. The van der Waals surface area contributed by atoms with Crippen molar-refractivity contribution in [2.75, 3.05) is 11.9 Å². The molecule has 0 saturated carbocycles. The van der Waals surface area contributed by atoms with Gasteiger partial charge in [-0.2, -0.15) is 5.10 Å². The number of nitrogens with one attached hydrogen (secondary N) is 2. The first kappa shape index (κ1) is 20.1. The van der Waals surface area contributed by atoms with Crippen LogP contribution in [0.15, 0.2) is 24.3 Å². The van der Waals surface area contributed by atoms with Gasteiger partial charge in [0.25, 0.3) is 0 Å². The van der Waals surface area contributed by atoms with E-state index in [-0.39, 0.29) is 17.3 Å². The second-order valence-corrected chi connectivity index (χ2v) is 9.46. The topological polar surface area (TPSA) is 110 Å². The first-order valence-electron chi connectivity index (χ1n) is 9.14. The standard InChI is InChI=1S/C19H24N4O4S/c1-12(2)8-9-20-18(24)19(25)21-17-14-10-28(26,27)11-15(14)22-23(17)16-7-5-4-6-13(16)3/h4-7,12H,8-11H2,1-3H3,(H,20,24)(H,21,25). The Morgan fingerprint density at radius 2 is 1.89 bits per heavy atom. The number of para-hydroxylation sites is 1. The quantitative estimate of drug-likeness (QED) is 0.737. The monoisotopic (exact) mass is 404 g/mol. The summed E-state index contributed by atoms with van der Waals surface area (Å²) in [4.78, 5) is 24.5. The molecule has 0 atom stereocenters. The second kappa shape index (κ2) is 7.75. The molecule has 2 N–H and O–H groups in total. The van der Waals surface area contributed by atoms with Crippen LogP contribution >= 0.6 is 0 Å². The number of rotatable bonds is 5. The summed E-state index contributed by atoms with van der Waals surface area (Å²) in [6, 6.07) is 7.42. The maximum atomic E-state index is 12.4. The summed E-state index contributed by atoms with van der Waals surface area (Å²) < 4.78 is 25.5. The zero-order valence-electron chi connectivity index (χ0n) is 16.2. The van der Waals surface area contributed by atoms with E-state index in [1.165, 1.54) is 4.68 Å². The largest absolute Gasteiger partial charge is 0.348 e. The number of amides is 2. The molecule has 0 radical (unpaired) electrons. The summed E-state index contributed by atoms with van der Waals surface area (Å²) in [5.74, 6) is -1.35. The van der Waals surface area contributed by atoms with E-state index in [4.69, 9.17) is 0 Å². The van der Waals surface area contributed by atoms with Gasteiger partial charge < -0.3 is 10.6 Å². The van der Waals surface area contributed by atoms with Crippen LogP contribution in [0.5, 0.6) is 0 Å². The highest BCUT2D eigenvalue weighted by Gasteiger charge is 2.34. The fourth-order valence-corrected chi connectivity index (χ4v) is 4.56. The molecular formula is C19H24N4O4S. The summed E-state index contributed by atoms with van der Waals surface area (Å²) >= 11 is 0. The first-order chi connectivity index (χ1) is 13.2. The van der Waals surface area contributed by atoms with Gasteiger partial charge in [-0.05, 0) is 30.9 Å². The van der Waals surface area contributed by atoms with Gasteiger partial charge >= 0.3 is 11.8 Å². The Labute approximate surface area is 164 Å². The molecule has 1 aliphatic heterocycles. The van der Waals surface area contributed by atoms with E-state index in [0.29, 0.717) is 29.4 Å². The van der Waals surface area contributed by atoms with Gasteiger partial charge in [0.1, 0.15) is 5.82 Å². The Balaban J connectivity index is 1.90. The number of fused-ring (bicyclic) bond motifs is 1. The number of aromatic nitrogens is 2. The van der Waals surface area contributed by atoms with Crippen LogP contribution in [0.3, 0.4) is 0 Å². The van der Waals surface area contributed by atoms with Gasteiger partial charge in [-0.15, -0.1) is 0 Å². The third-order valence-corrected chi connectivity index (χ3v) is 6.02. The Morgan fingerprint density at radius 1 is 1.18 bits per heavy atom. The van der Waals surface area contributed by atoms with Crippen molar-refractivity contribution in [1.82, 2.24) is 15.1 Å². The van der Waals surface area contributed by atoms with E-state index in [0.717, 1.165) is 12.0 Å². The van der Waals surface area contributed by atoms with Crippen molar-refractivity contribution in [1.29, 1.82) is 0 Å². The van der Waals surface area contributed by atoms with Gasteiger partial charge in [-0.3, -0.25) is 9.59 Å². The van der Waals surface area contributed by atoms with Crippen LogP contribution in [0, 0.1) is 12.8 Å². The molecule has 1 aromatic heterocycles. The molecule has 0 spiro atoms. The smallest absolute Gasteiger partial charge is 0.314 e. The minimum absolute atomic E-state index is 0.176. The van der Waals surface area contributed by atoms with E-state index >= 15 is 0 Å².